The SMILES string of the molecule is CC[C@@H](C)[C@H](C(=O)O[C@@H](C)C(=O)Nc1ccc(C(C)=O)cc1)c1ccccc1. The first-order chi connectivity index (χ1) is 13.3. The molecule has 0 fully saturated rings. The predicted molar refractivity (Wildman–Crippen MR) is 109 cm³/mol. The van der Waals surface area contributed by atoms with E-state index in [1.54, 1.807) is 31.2 Å². The van der Waals surface area contributed by atoms with Gasteiger partial charge in [0.25, 0.3) is 5.91 Å². The van der Waals surface area contributed by atoms with Gasteiger partial charge in [-0.1, -0.05) is 50.6 Å². The number of Topliss-reactive ketones (excluding diaryl/α,β-unsaturated/α-hetero) is 1. The Morgan fingerprint density at radius 1 is 0.964 bits per heavy atom. The lowest BCUT2D eigenvalue weighted by Crippen LogP contribution is -2.33. The van der Waals surface area contributed by atoms with Gasteiger partial charge in [0.2, 0.25) is 0 Å². The highest BCUT2D eigenvalue weighted by Gasteiger charge is 2.30. The molecule has 2 aromatic rings. The number of carbonyl (C=O) groups excluding carboxylic acids is 3. The van der Waals surface area contributed by atoms with E-state index in [2.05, 4.69) is 5.32 Å². The molecule has 0 heterocycles. The number of benzene rings is 2. The molecule has 148 valence electrons. The van der Waals surface area contributed by atoms with Gasteiger partial charge in [0, 0.05) is 11.3 Å². The molecule has 2 rings (SSSR count). The molecule has 5 heteroatoms. The molecule has 3 atom stereocenters. The molecule has 2 aromatic carbocycles. The highest BCUT2D eigenvalue weighted by atomic mass is 16.5. The van der Waals surface area contributed by atoms with E-state index in [0.717, 1.165) is 12.0 Å². The van der Waals surface area contributed by atoms with Crippen molar-refractivity contribution in [2.24, 2.45) is 5.92 Å². The molecule has 5 nitrogen and oxygen atoms in total. The van der Waals surface area contributed by atoms with Crippen molar-refractivity contribution in [3.8, 4) is 0 Å². The first-order valence-electron chi connectivity index (χ1n) is 9.50. The van der Waals surface area contributed by atoms with Crippen LogP contribution in [0.4, 0.5) is 5.69 Å². The number of amides is 1. The maximum atomic E-state index is 12.8. The second-order valence-corrected chi connectivity index (χ2v) is 6.98. The third kappa shape index (κ3) is 5.52. The van der Waals surface area contributed by atoms with Gasteiger partial charge in [0.15, 0.2) is 11.9 Å². The number of esters is 1. The Bertz CT molecular complexity index is 814. The van der Waals surface area contributed by atoms with Gasteiger partial charge in [-0.25, -0.2) is 0 Å². The molecular formula is C23H27NO4. The van der Waals surface area contributed by atoms with E-state index in [4.69, 9.17) is 4.74 Å². The number of hydrogen-bond acceptors (Lipinski definition) is 4. The summed E-state index contributed by atoms with van der Waals surface area (Å²) >= 11 is 0. The van der Waals surface area contributed by atoms with E-state index >= 15 is 0 Å². The van der Waals surface area contributed by atoms with E-state index < -0.39 is 23.9 Å². The zero-order valence-corrected chi connectivity index (χ0v) is 16.8. The molecule has 1 amide bonds. The molecule has 0 radical (unpaired) electrons. The van der Waals surface area contributed by atoms with E-state index in [0.29, 0.717) is 11.3 Å². The summed E-state index contributed by atoms with van der Waals surface area (Å²) < 4.78 is 5.48. The Balaban J connectivity index is 2.04. The molecule has 0 aliphatic rings. The summed E-state index contributed by atoms with van der Waals surface area (Å²) in [6.45, 7) is 7.06. The first-order valence-corrected chi connectivity index (χ1v) is 9.50. The van der Waals surface area contributed by atoms with Crippen LogP contribution in [-0.2, 0) is 14.3 Å². The minimum Gasteiger partial charge on any atom is -0.452 e. The van der Waals surface area contributed by atoms with Gasteiger partial charge in [0.1, 0.15) is 0 Å². The maximum absolute atomic E-state index is 12.8. The standard InChI is InChI=1S/C23H27NO4/c1-5-15(2)21(19-9-7-6-8-10-19)23(27)28-17(4)22(26)24-20-13-11-18(12-14-20)16(3)25/h6-15,17,21H,5H2,1-4H3,(H,24,26)/t15-,17+,21+/m1/s1. The fraction of sp³-hybridized carbons (Fsp3) is 0.348. The number of carbonyl (C=O) groups is 3. The molecule has 0 bridgehead atoms. The molecule has 0 aliphatic carbocycles. The summed E-state index contributed by atoms with van der Waals surface area (Å²) in [5.41, 5.74) is 1.99. The van der Waals surface area contributed by atoms with Crippen LogP contribution in [-0.4, -0.2) is 23.8 Å². The summed E-state index contributed by atoms with van der Waals surface area (Å²) in [5.74, 6) is -1.20. The van der Waals surface area contributed by atoms with Crippen LogP contribution in [0, 0.1) is 5.92 Å². The Morgan fingerprint density at radius 2 is 1.57 bits per heavy atom. The molecule has 0 spiro atoms. The lowest BCUT2D eigenvalue weighted by Gasteiger charge is -2.23. The summed E-state index contributed by atoms with van der Waals surface area (Å²) in [4.78, 5) is 36.5. The topological polar surface area (TPSA) is 72.5 Å². The Labute approximate surface area is 166 Å². The van der Waals surface area contributed by atoms with Crippen LogP contribution < -0.4 is 5.32 Å². The fourth-order valence-corrected chi connectivity index (χ4v) is 2.93. The third-order valence-electron chi connectivity index (χ3n) is 4.85. The van der Waals surface area contributed by atoms with Crippen LogP contribution in [0.2, 0.25) is 0 Å². The minimum atomic E-state index is -0.935. The molecule has 0 aromatic heterocycles. The molecule has 0 unspecified atom stereocenters. The number of hydrogen-bond donors (Lipinski definition) is 1. The molecular weight excluding hydrogens is 354 g/mol. The third-order valence-corrected chi connectivity index (χ3v) is 4.85. The number of anilines is 1. The number of ether oxygens (including phenoxy) is 1. The van der Waals surface area contributed by atoms with Crippen molar-refractivity contribution in [2.45, 2.75) is 46.1 Å². The normalized spacial score (nSPS) is 13.9. The Morgan fingerprint density at radius 3 is 2.11 bits per heavy atom. The lowest BCUT2D eigenvalue weighted by molar-refractivity contribution is -0.155. The summed E-state index contributed by atoms with van der Waals surface area (Å²) in [7, 11) is 0. The van der Waals surface area contributed by atoms with E-state index in [1.807, 2.05) is 44.2 Å². The number of rotatable bonds is 8. The van der Waals surface area contributed by atoms with Crippen molar-refractivity contribution in [3.05, 3.63) is 65.7 Å². The summed E-state index contributed by atoms with van der Waals surface area (Å²) in [5, 5.41) is 2.71. The predicted octanol–water partition coefficient (Wildman–Crippen LogP) is 4.59. The van der Waals surface area contributed by atoms with Gasteiger partial charge in [-0.05, 0) is 49.6 Å². The van der Waals surface area contributed by atoms with Gasteiger partial charge in [-0.15, -0.1) is 0 Å². The average molecular weight is 381 g/mol. The van der Waals surface area contributed by atoms with Gasteiger partial charge >= 0.3 is 5.97 Å². The molecule has 0 saturated carbocycles. The van der Waals surface area contributed by atoms with Gasteiger partial charge in [0.05, 0.1) is 5.92 Å². The number of nitrogens with one attached hydrogen (secondary N) is 1. The van der Waals surface area contributed by atoms with E-state index in [9.17, 15) is 14.4 Å². The van der Waals surface area contributed by atoms with Crippen molar-refractivity contribution in [1.82, 2.24) is 0 Å². The monoisotopic (exact) mass is 381 g/mol. The Hall–Kier alpha value is -2.95. The van der Waals surface area contributed by atoms with Gasteiger partial charge in [-0.2, -0.15) is 0 Å². The average Bonchev–Trinajstić information content (AvgIpc) is 2.69. The lowest BCUT2D eigenvalue weighted by atomic mass is 9.85. The number of ketones is 1. The quantitative estimate of drug-likeness (QED) is 0.536. The van der Waals surface area contributed by atoms with Gasteiger partial charge in [-0.3, -0.25) is 14.4 Å². The van der Waals surface area contributed by atoms with Crippen LogP contribution >= 0.6 is 0 Å². The van der Waals surface area contributed by atoms with Crippen LogP contribution in [0.3, 0.4) is 0 Å². The summed E-state index contributed by atoms with van der Waals surface area (Å²) in [6.07, 6.45) is -0.118. The highest BCUT2D eigenvalue weighted by Crippen LogP contribution is 2.28. The first kappa shape index (κ1) is 21.4. The second-order valence-electron chi connectivity index (χ2n) is 6.98. The fourth-order valence-electron chi connectivity index (χ4n) is 2.93. The Kier molecular flexibility index (Phi) is 7.50. The zero-order valence-electron chi connectivity index (χ0n) is 16.8. The largest absolute Gasteiger partial charge is 0.452 e. The van der Waals surface area contributed by atoms with Crippen molar-refractivity contribution in [2.75, 3.05) is 5.32 Å². The smallest absolute Gasteiger partial charge is 0.314 e. The molecule has 28 heavy (non-hydrogen) atoms. The molecule has 0 saturated heterocycles. The van der Waals surface area contributed by atoms with E-state index in [1.165, 1.54) is 6.92 Å². The van der Waals surface area contributed by atoms with Crippen molar-refractivity contribution in [1.29, 1.82) is 0 Å². The van der Waals surface area contributed by atoms with Crippen LogP contribution in [0.5, 0.6) is 0 Å². The highest BCUT2D eigenvalue weighted by molar-refractivity contribution is 5.97. The molecule has 1 N–H and O–H groups in total. The van der Waals surface area contributed by atoms with Gasteiger partial charge < -0.3 is 10.1 Å². The van der Waals surface area contributed by atoms with Crippen molar-refractivity contribution in [3.63, 3.8) is 0 Å². The zero-order chi connectivity index (χ0) is 20.7. The van der Waals surface area contributed by atoms with E-state index in [-0.39, 0.29) is 11.7 Å². The van der Waals surface area contributed by atoms with Crippen LogP contribution in [0.15, 0.2) is 54.6 Å². The summed E-state index contributed by atoms with van der Waals surface area (Å²) in [6, 6.07) is 16.1. The minimum absolute atomic E-state index is 0.0443. The van der Waals surface area contributed by atoms with Crippen molar-refractivity contribution < 1.29 is 19.1 Å². The van der Waals surface area contributed by atoms with Crippen molar-refractivity contribution >= 4 is 23.3 Å². The maximum Gasteiger partial charge on any atom is 0.314 e. The van der Waals surface area contributed by atoms with Crippen LogP contribution in [0.1, 0.15) is 56.0 Å². The van der Waals surface area contributed by atoms with Crippen LogP contribution in [0.25, 0.3) is 0 Å². The molecule has 0 aliphatic heterocycles. The second kappa shape index (κ2) is 9.83.